The van der Waals surface area contributed by atoms with Crippen molar-refractivity contribution < 1.29 is 9.50 Å². The van der Waals surface area contributed by atoms with Gasteiger partial charge >= 0.3 is 0 Å². The molecule has 0 saturated heterocycles. The molecule has 0 fully saturated rings. The van der Waals surface area contributed by atoms with Crippen molar-refractivity contribution in [2.75, 3.05) is 0 Å². The predicted octanol–water partition coefficient (Wildman–Crippen LogP) is 3.19. The quantitative estimate of drug-likeness (QED) is 0.930. The lowest BCUT2D eigenvalue weighted by Gasteiger charge is -2.10. The molecule has 0 radical (unpaired) electrons. The van der Waals surface area contributed by atoms with E-state index in [4.69, 9.17) is 0 Å². The highest BCUT2D eigenvalue weighted by molar-refractivity contribution is 8.01. The molecular formula is C11H11FN2OS2. The molecule has 0 aliphatic carbocycles. The lowest BCUT2D eigenvalue weighted by molar-refractivity contribution is 0.191. The van der Waals surface area contributed by atoms with E-state index in [9.17, 15) is 9.50 Å². The zero-order chi connectivity index (χ0) is 12.4. The van der Waals surface area contributed by atoms with Crippen molar-refractivity contribution in [3.8, 4) is 0 Å². The van der Waals surface area contributed by atoms with E-state index in [-0.39, 0.29) is 0 Å². The van der Waals surface area contributed by atoms with Crippen LogP contribution in [-0.4, -0.2) is 14.5 Å². The fourth-order valence-corrected chi connectivity index (χ4v) is 3.27. The lowest BCUT2D eigenvalue weighted by Crippen LogP contribution is -1.98. The number of hydrogen-bond donors (Lipinski definition) is 1. The van der Waals surface area contributed by atoms with Crippen molar-refractivity contribution in [2.45, 2.75) is 29.2 Å². The highest BCUT2D eigenvalue weighted by atomic mass is 32.2. The third-order valence-electron chi connectivity index (χ3n) is 2.14. The molecule has 0 aliphatic rings. The molecule has 0 bridgehead atoms. The molecule has 1 aromatic heterocycles. The molecule has 0 unspecified atom stereocenters. The molecule has 90 valence electrons. The Morgan fingerprint density at radius 2 is 2.24 bits per heavy atom. The van der Waals surface area contributed by atoms with Crippen LogP contribution in [0.15, 0.2) is 27.4 Å². The summed E-state index contributed by atoms with van der Waals surface area (Å²) in [5.41, 5.74) is 0.311. The third kappa shape index (κ3) is 2.83. The van der Waals surface area contributed by atoms with E-state index in [1.54, 1.807) is 19.1 Å². The highest BCUT2D eigenvalue weighted by Gasteiger charge is 2.15. The van der Waals surface area contributed by atoms with Gasteiger partial charge in [-0.25, -0.2) is 9.37 Å². The van der Waals surface area contributed by atoms with Gasteiger partial charge in [0.1, 0.15) is 11.6 Å². The van der Waals surface area contributed by atoms with Gasteiger partial charge in [0.05, 0.1) is 6.10 Å². The van der Waals surface area contributed by atoms with E-state index < -0.39 is 11.9 Å². The molecular weight excluding hydrogens is 259 g/mol. The standard InChI is InChI=1S/C11H11FN2OS2/c1-6(15)10-8(12)4-3-5-9(10)16-11-13-7(2)14-17-11/h3-6,15H,1-2H3/t6-/m0/s1. The monoisotopic (exact) mass is 270 g/mol. The Labute approximate surface area is 107 Å². The number of aryl methyl sites for hydroxylation is 1. The molecule has 1 heterocycles. The van der Waals surface area contributed by atoms with Crippen LogP contribution in [-0.2, 0) is 0 Å². The Morgan fingerprint density at radius 1 is 1.47 bits per heavy atom. The fraction of sp³-hybridized carbons (Fsp3) is 0.273. The van der Waals surface area contributed by atoms with Gasteiger partial charge in [-0.2, -0.15) is 4.37 Å². The summed E-state index contributed by atoms with van der Waals surface area (Å²) in [6.07, 6.45) is -0.840. The van der Waals surface area contributed by atoms with E-state index in [1.165, 1.54) is 29.4 Å². The average Bonchev–Trinajstić information content (AvgIpc) is 2.63. The van der Waals surface area contributed by atoms with Crippen molar-refractivity contribution in [3.05, 3.63) is 35.4 Å². The smallest absolute Gasteiger partial charge is 0.174 e. The van der Waals surface area contributed by atoms with Gasteiger partial charge in [-0.15, -0.1) is 0 Å². The topological polar surface area (TPSA) is 46.0 Å². The van der Waals surface area contributed by atoms with Crippen LogP contribution in [0.25, 0.3) is 0 Å². The second kappa shape index (κ2) is 5.12. The molecule has 1 N–H and O–H groups in total. The summed E-state index contributed by atoms with van der Waals surface area (Å²) in [4.78, 5) is 4.88. The first kappa shape index (κ1) is 12.5. The van der Waals surface area contributed by atoms with Crippen molar-refractivity contribution in [3.63, 3.8) is 0 Å². The highest BCUT2D eigenvalue weighted by Crippen LogP contribution is 2.35. The molecule has 0 spiro atoms. The maximum atomic E-state index is 13.6. The minimum Gasteiger partial charge on any atom is -0.389 e. The first-order chi connectivity index (χ1) is 8.08. The molecule has 2 aromatic rings. The Morgan fingerprint density at radius 3 is 2.82 bits per heavy atom. The Bertz CT molecular complexity index is 528. The Kier molecular flexibility index (Phi) is 3.76. The minimum absolute atomic E-state index is 0.311. The number of rotatable bonds is 3. The van der Waals surface area contributed by atoms with Gasteiger partial charge < -0.3 is 5.11 Å². The van der Waals surface area contributed by atoms with E-state index in [0.29, 0.717) is 16.3 Å². The van der Waals surface area contributed by atoms with Gasteiger partial charge in [0.15, 0.2) is 4.34 Å². The third-order valence-corrected chi connectivity index (χ3v) is 4.06. The van der Waals surface area contributed by atoms with Gasteiger partial charge in [-0.3, -0.25) is 0 Å². The minimum atomic E-state index is -0.840. The van der Waals surface area contributed by atoms with Crippen LogP contribution >= 0.6 is 23.3 Å². The number of aromatic nitrogens is 2. The zero-order valence-electron chi connectivity index (χ0n) is 9.35. The summed E-state index contributed by atoms with van der Waals surface area (Å²) in [5, 5.41) is 9.58. The molecule has 2 rings (SSSR count). The van der Waals surface area contributed by atoms with Crippen LogP contribution in [0.3, 0.4) is 0 Å². The van der Waals surface area contributed by atoms with Crippen molar-refractivity contribution >= 4 is 23.3 Å². The summed E-state index contributed by atoms with van der Waals surface area (Å²) < 4.78 is 18.4. The SMILES string of the molecule is Cc1nsc(Sc2cccc(F)c2[C@H](C)O)n1. The molecule has 1 atom stereocenters. The first-order valence-electron chi connectivity index (χ1n) is 5.02. The second-order valence-corrected chi connectivity index (χ2v) is 5.58. The number of benzene rings is 1. The maximum absolute atomic E-state index is 13.6. The second-order valence-electron chi connectivity index (χ2n) is 3.54. The number of hydrogen-bond acceptors (Lipinski definition) is 5. The van der Waals surface area contributed by atoms with Crippen molar-refractivity contribution in [2.24, 2.45) is 0 Å². The summed E-state index contributed by atoms with van der Waals surface area (Å²) in [5.74, 6) is 0.304. The largest absolute Gasteiger partial charge is 0.389 e. The average molecular weight is 270 g/mol. The molecule has 1 aromatic carbocycles. The molecule has 0 aliphatic heterocycles. The van der Waals surface area contributed by atoms with Gasteiger partial charge in [-0.1, -0.05) is 17.8 Å². The van der Waals surface area contributed by atoms with Gasteiger partial charge in [0, 0.05) is 10.5 Å². The van der Waals surface area contributed by atoms with E-state index >= 15 is 0 Å². The summed E-state index contributed by atoms with van der Waals surface area (Å²) in [6, 6.07) is 4.74. The number of aliphatic hydroxyl groups is 1. The number of nitrogens with zero attached hydrogens (tertiary/aromatic N) is 2. The van der Waals surface area contributed by atoms with Gasteiger partial charge in [0.2, 0.25) is 0 Å². The van der Waals surface area contributed by atoms with Crippen LogP contribution < -0.4 is 0 Å². The van der Waals surface area contributed by atoms with Crippen molar-refractivity contribution in [1.82, 2.24) is 9.36 Å². The maximum Gasteiger partial charge on any atom is 0.174 e. The van der Waals surface area contributed by atoms with E-state index in [0.717, 1.165) is 4.34 Å². The van der Waals surface area contributed by atoms with Crippen LogP contribution in [0.1, 0.15) is 24.4 Å². The van der Waals surface area contributed by atoms with Crippen LogP contribution in [0.5, 0.6) is 0 Å². The molecule has 6 heteroatoms. The zero-order valence-corrected chi connectivity index (χ0v) is 11.0. The van der Waals surface area contributed by atoms with E-state index in [1.807, 2.05) is 6.92 Å². The summed E-state index contributed by atoms with van der Waals surface area (Å²) >= 11 is 2.59. The van der Waals surface area contributed by atoms with Crippen LogP contribution in [0, 0.1) is 12.7 Å². The first-order valence-corrected chi connectivity index (χ1v) is 6.61. The Balaban J connectivity index is 2.35. The Hall–Kier alpha value is -0.980. The summed E-state index contributed by atoms with van der Waals surface area (Å²) in [6.45, 7) is 3.36. The summed E-state index contributed by atoms with van der Waals surface area (Å²) in [7, 11) is 0. The van der Waals surface area contributed by atoms with Crippen molar-refractivity contribution in [1.29, 1.82) is 0 Å². The number of halogens is 1. The lowest BCUT2D eigenvalue weighted by atomic mass is 10.1. The van der Waals surface area contributed by atoms with Gasteiger partial charge in [0.25, 0.3) is 0 Å². The number of aliphatic hydroxyl groups excluding tert-OH is 1. The van der Waals surface area contributed by atoms with Crippen LogP contribution in [0.4, 0.5) is 4.39 Å². The normalized spacial score (nSPS) is 12.7. The fourth-order valence-electron chi connectivity index (χ4n) is 1.43. The molecule has 0 amide bonds. The van der Waals surface area contributed by atoms with Crippen LogP contribution in [0.2, 0.25) is 0 Å². The molecule has 17 heavy (non-hydrogen) atoms. The molecule has 0 saturated carbocycles. The predicted molar refractivity (Wildman–Crippen MR) is 65.8 cm³/mol. The van der Waals surface area contributed by atoms with Gasteiger partial charge in [-0.05, 0) is 37.5 Å². The molecule has 3 nitrogen and oxygen atoms in total. The van der Waals surface area contributed by atoms with E-state index in [2.05, 4.69) is 9.36 Å².